The Kier molecular flexibility index (Phi) is 10.7. The van der Waals surface area contributed by atoms with E-state index in [0.717, 1.165) is 76.9 Å². The molecule has 2 aliphatic rings. The standard InChI is InChI=1S/C32H42N10O3/c1-22-26-20-37-32(39-30(26)42(24-7-3-4-8-24)31(45)29(22)23(2)43)38-27-10-9-25(19-36-27)41-17-15-40(16-18-41)21-28(44)35-13-6-5-12-34-14-11-33/h9-10,19-20,24,34H,3-8,12-18,21H2,1-2H3,(H,35,44)(H,36,37,38,39). The summed E-state index contributed by atoms with van der Waals surface area (Å²) in [5, 5.41) is 18.4. The number of nitriles is 1. The Balaban J connectivity index is 1.17. The van der Waals surface area contributed by atoms with Gasteiger partial charge < -0.3 is 20.9 Å². The number of anilines is 3. The number of nitrogens with zero attached hydrogens (tertiary/aromatic N) is 7. The van der Waals surface area contributed by atoms with Crippen molar-refractivity contribution < 1.29 is 9.59 Å². The molecule has 1 amide bonds. The van der Waals surface area contributed by atoms with Gasteiger partial charge in [-0.2, -0.15) is 10.2 Å². The van der Waals surface area contributed by atoms with Gasteiger partial charge in [0.2, 0.25) is 11.9 Å². The lowest BCUT2D eigenvalue weighted by atomic mass is 10.0. The van der Waals surface area contributed by atoms with Crippen LogP contribution in [0.2, 0.25) is 0 Å². The van der Waals surface area contributed by atoms with E-state index in [9.17, 15) is 14.4 Å². The highest BCUT2D eigenvalue weighted by molar-refractivity contribution is 5.99. The Morgan fingerprint density at radius 2 is 1.80 bits per heavy atom. The first-order valence-electron chi connectivity index (χ1n) is 15.8. The molecule has 3 aromatic heterocycles. The average Bonchev–Trinajstić information content (AvgIpc) is 3.56. The Labute approximate surface area is 263 Å². The van der Waals surface area contributed by atoms with Crippen molar-refractivity contribution >= 4 is 40.2 Å². The maximum atomic E-state index is 13.5. The number of Topliss-reactive ketones (excluding diaryl/α,β-unsaturated/α-hetero) is 1. The second kappa shape index (κ2) is 15.0. The molecule has 0 unspecified atom stereocenters. The summed E-state index contributed by atoms with van der Waals surface area (Å²) in [4.78, 5) is 56.4. The molecule has 5 rings (SSSR count). The summed E-state index contributed by atoms with van der Waals surface area (Å²) >= 11 is 0. The van der Waals surface area contributed by atoms with Crippen LogP contribution in [0.15, 0.2) is 29.3 Å². The van der Waals surface area contributed by atoms with Crippen molar-refractivity contribution in [1.82, 2.24) is 35.1 Å². The van der Waals surface area contributed by atoms with Crippen LogP contribution < -0.4 is 26.4 Å². The molecule has 0 spiro atoms. The van der Waals surface area contributed by atoms with Gasteiger partial charge in [0.05, 0.1) is 36.6 Å². The van der Waals surface area contributed by atoms with Gasteiger partial charge in [0.15, 0.2) is 5.78 Å². The molecule has 0 radical (unpaired) electrons. The highest BCUT2D eigenvalue weighted by Gasteiger charge is 2.26. The normalized spacial score (nSPS) is 15.7. The largest absolute Gasteiger partial charge is 0.368 e. The van der Waals surface area contributed by atoms with Gasteiger partial charge in [0, 0.05) is 50.3 Å². The second-order valence-corrected chi connectivity index (χ2v) is 11.8. The number of unbranched alkanes of at least 4 members (excludes halogenated alkanes) is 1. The van der Waals surface area contributed by atoms with Crippen molar-refractivity contribution in [3.05, 3.63) is 46.0 Å². The SMILES string of the molecule is CC(=O)c1c(C)c2cnc(Nc3ccc(N4CCN(CC(=O)NCCCCNCC#N)CC4)cn3)nc2n(C2CCCC2)c1=O. The highest BCUT2D eigenvalue weighted by Crippen LogP contribution is 2.32. The van der Waals surface area contributed by atoms with Crippen LogP contribution in [0.1, 0.15) is 67.4 Å². The highest BCUT2D eigenvalue weighted by atomic mass is 16.2. The smallest absolute Gasteiger partial charge is 0.263 e. The lowest BCUT2D eigenvalue weighted by Gasteiger charge is -2.35. The Hall–Kier alpha value is -4.41. The molecule has 0 bridgehead atoms. The minimum absolute atomic E-state index is 0.0165. The van der Waals surface area contributed by atoms with Crippen LogP contribution in [0.5, 0.6) is 0 Å². The topological polar surface area (TPSA) is 161 Å². The van der Waals surface area contributed by atoms with Crippen LogP contribution in [0.3, 0.4) is 0 Å². The third kappa shape index (κ3) is 7.82. The first-order chi connectivity index (χ1) is 21.9. The average molecular weight is 615 g/mol. The molecule has 3 aromatic rings. The first-order valence-corrected chi connectivity index (χ1v) is 15.8. The number of fused-ring (bicyclic) bond motifs is 1. The Bertz CT molecular complexity index is 1600. The molecule has 238 valence electrons. The maximum Gasteiger partial charge on any atom is 0.263 e. The van der Waals surface area contributed by atoms with Crippen LogP contribution >= 0.6 is 0 Å². The molecular formula is C32H42N10O3. The lowest BCUT2D eigenvalue weighted by Crippen LogP contribution is -2.49. The molecule has 1 saturated carbocycles. The monoisotopic (exact) mass is 614 g/mol. The van der Waals surface area contributed by atoms with Crippen LogP contribution in [0.4, 0.5) is 17.5 Å². The molecule has 1 aliphatic heterocycles. The van der Waals surface area contributed by atoms with E-state index in [1.165, 1.54) is 6.92 Å². The molecule has 2 fully saturated rings. The van der Waals surface area contributed by atoms with E-state index in [1.807, 2.05) is 18.3 Å². The number of aromatic nitrogens is 4. The van der Waals surface area contributed by atoms with Gasteiger partial charge in [-0.05, 0) is 63.8 Å². The van der Waals surface area contributed by atoms with Crippen molar-refractivity contribution in [2.75, 3.05) is 62.6 Å². The molecule has 1 saturated heterocycles. The molecule has 1 aliphatic carbocycles. The van der Waals surface area contributed by atoms with Crippen molar-refractivity contribution in [3.8, 4) is 6.07 Å². The van der Waals surface area contributed by atoms with Crippen LogP contribution in [-0.2, 0) is 4.79 Å². The van der Waals surface area contributed by atoms with E-state index in [4.69, 9.17) is 10.2 Å². The number of hydrogen-bond donors (Lipinski definition) is 3. The summed E-state index contributed by atoms with van der Waals surface area (Å²) in [5.41, 5.74) is 2.09. The van der Waals surface area contributed by atoms with Gasteiger partial charge in [-0.15, -0.1) is 0 Å². The number of carbonyl (C=O) groups is 2. The van der Waals surface area contributed by atoms with E-state index in [-0.39, 0.29) is 28.9 Å². The number of hydrogen-bond acceptors (Lipinski definition) is 11. The van der Waals surface area contributed by atoms with Gasteiger partial charge in [-0.3, -0.25) is 23.9 Å². The molecule has 13 nitrogen and oxygen atoms in total. The van der Waals surface area contributed by atoms with Gasteiger partial charge >= 0.3 is 0 Å². The third-order valence-electron chi connectivity index (χ3n) is 8.65. The zero-order valence-electron chi connectivity index (χ0n) is 26.1. The van der Waals surface area contributed by atoms with E-state index in [0.29, 0.717) is 48.0 Å². The number of nitrogens with one attached hydrogen (secondary N) is 3. The Morgan fingerprint density at radius 3 is 2.49 bits per heavy atom. The van der Waals surface area contributed by atoms with Crippen molar-refractivity contribution in [1.29, 1.82) is 5.26 Å². The number of ketones is 1. The molecule has 0 atom stereocenters. The lowest BCUT2D eigenvalue weighted by molar-refractivity contribution is -0.122. The predicted octanol–water partition coefficient (Wildman–Crippen LogP) is 2.69. The van der Waals surface area contributed by atoms with Crippen LogP contribution in [0.25, 0.3) is 11.0 Å². The van der Waals surface area contributed by atoms with Crippen molar-refractivity contribution in [3.63, 3.8) is 0 Å². The number of aryl methyl sites for hydroxylation is 1. The molecule has 13 heteroatoms. The van der Waals surface area contributed by atoms with E-state index in [1.54, 1.807) is 17.7 Å². The maximum absolute atomic E-state index is 13.5. The van der Waals surface area contributed by atoms with Crippen LogP contribution in [0, 0.1) is 18.3 Å². The zero-order valence-corrected chi connectivity index (χ0v) is 26.1. The van der Waals surface area contributed by atoms with Gasteiger partial charge in [0.25, 0.3) is 5.56 Å². The number of piperazine rings is 1. The summed E-state index contributed by atoms with van der Waals surface area (Å²) in [6, 6.07) is 5.95. The number of amides is 1. The zero-order chi connectivity index (χ0) is 31.8. The summed E-state index contributed by atoms with van der Waals surface area (Å²) in [6.07, 6.45) is 9.16. The summed E-state index contributed by atoms with van der Waals surface area (Å²) in [7, 11) is 0. The van der Waals surface area contributed by atoms with Crippen molar-refractivity contribution in [2.24, 2.45) is 0 Å². The fourth-order valence-electron chi connectivity index (χ4n) is 6.24. The van der Waals surface area contributed by atoms with Crippen LogP contribution in [-0.4, -0.2) is 88.5 Å². The predicted molar refractivity (Wildman–Crippen MR) is 173 cm³/mol. The molecule has 0 aromatic carbocycles. The summed E-state index contributed by atoms with van der Waals surface area (Å²) in [5.74, 6) is 0.720. The number of rotatable bonds is 13. The molecule has 45 heavy (non-hydrogen) atoms. The Morgan fingerprint density at radius 1 is 1.04 bits per heavy atom. The van der Waals surface area contributed by atoms with E-state index in [2.05, 4.69) is 41.8 Å². The molecule has 4 heterocycles. The van der Waals surface area contributed by atoms with Crippen molar-refractivity contribution in [2.45, 2.75) is 58.4 Å². The quantitative estimate of drug-likeness (QED) is 0.147. The first kappa shape index (κ1) is 32.0. The minimum Gasteiger partial charge on any atom is -0.368 e. The van der Waals surface area contributed by atoms with Gasteiger partial charge in [-0.1, -0.05) is 12.8 Å². The molecule has 3 N–H and O–H groups in total. The fraction of sp³-hybridized carbons (Fsp3) is 0.531. The minimum atomic E-state index is -0.274. The van der Waals surface area contributed by atoms with E-state index < -0.39 is 0 Å². The summed E-state index contributed by atoms with van der Waals surface area (Å²) in [6.45, 7) is 8.53. The summed E-state index contributed by atoms with van der Waals surface area (Å²) < 4.78 is 1.71. The van der Waals surface area contributed by atoms with Gasteiger partial charge in [0.1, 0.15) is 11.5 Å². The second-order valence-electron chi connectivity index (χ2n) is 11.8. The van der Waals surface area contributed by atoms with Gasteiger partial charge in [-0.25, -0.2) is 9.97 Å². The fourth-order valence-corrected chi connectivity index (χ4v) is 6.24. The number of pyridine rings is 2. The molecular weight excluding hydrogens is 572 g/mol. The third-order valence-corrected chi connectivity index (χ3v) is 8.65. The number of carbonyl (C=O) groups excluding carboxylic acids is 2. The van der Waals surface area contributed by atoms with E-state index >= 15 is 0 Å².